The number of thioether (sulfide) groups is 1. The highest BCUT2D eigenvalue weighted by Gasteiger charge is 2.03. The van der Waals surface area contributed by atoms with E-state index in [2.05, 4.69) is 12.2 Å². The van der Waals surface area contributed by atoms with Gasteiger partial charge in [0, 0.05) is 10.6 Å². The maximum atomic E-state index is 11.9. The second-order valence-electron chi connectivity index (χ2n) is 4.86. The zero-order chi connectivity index (χ0) is 16.5. The molecule has 0 saturated heterocycles. The van der Waals surface area contributed by atoms with Crippen molar-refractivity contribution in [3.63, 3.8) is 0 Å². The summed E-state index contributed by atoms with van der Waals surface area (Å²) >= 11 is 1.09. The number of nitriles is 1. The number of carbonyl (C=O) groups excluding carboxylic acids is 1. The Balaban J connectivity index is 1.75. The molecule has 2 rings (SSSR count). The fraction of sp³-hybridized carbons (Fsp3) is 0.222. The first-order valence-electron chi connectivity index (χ1n) is 7.39. The first-order chi connectivity index (χ1) is 11.2. The number of amides is 1. The summed E-state index contributed by atoms with van der Waals surface area (Å²) < 4.78 is 5.56. The van der Waals surface area contributed by atoms with E-state index in [9.17, 15) is 4.79 Å². The van der Waals surface area contributed by atoms with Crippen LogP contribution in [0, 0.1) is 10.7 Å². The number of benzene rings is 2. The molecule has 0 saturated carbocycles. The van der Waals surface area contributed by atoms with Crippen LogP contribution < -0.4 is 10.1 Å². The number of thiocyanates is 1. The van der Waals surface area contributed by atoms with Gasteiger partial charge in [0.15, 0.2) is 0 Å². The largest absolute Gasteiger partial charge is 0.493 e. The second kappa shape index (κ2) is 8.86. The molecule has 4 nitrogen and oxygen atoms in total. The fourth-order valence-electron chi connectivity index (χ4n) is 1.97. The van der Waals surface area contributed by atoms with Gasteiger partial charge < -0.3 is 10.1 Å². The number of hydrogen-bond acceptors (Lipinski definition) is 4. The van der Waals surface area contributed by atoms with Crippen molar-refractivity contribution in [2.24, 2.45) is 0 Å². The highest BCUT2D eigenvalue weighted by molar-refractivity contribution is 8.03. The van der Waals surface area contributed by atoms with Crippen LogP contribution in [0.15, 0.2) is 53.4 Å². The summed E-state index contributed by atoms with van der Waals surface area (Å²) in [5.41, 5.74) is 1.97. The average Bonchev–Trinajstić information content (AvgIpc) is 2.57. The zero-order valence-electron chi connectivity index (χ0n) is 12.9. The summed E-state index contributed by atoms with van der Waals surface area (Å²) in [6, 6.07) is 15.0. The van der Waals surface area contributed by atoms with Crippen molar-refractivity contribution in [2.75, 3.05) is 11.9 Å². The molecule has 0 aromatic heterocycles. The van der Waals surface area contributed by atoms with Crippen LogP contribution in [0.4, 0.5) is 5.69 Å². The van der Waals surface area contributed by atoms with Crippen LogP contribution in [-0.4, -0.2) is 12.5 Å². The number of ether oxygens (including phenoxy) is 1. The minimum Gasteiger partial charge on any atom is -0.493 e. The number of aryl methyl sites for hydroxylation is 1. The van der Waals surface area contributed by atoms with Crippen LogP contribution in [0.3, 0.4) is 0 Å². The molecule has 5 heteroatoms. The van der Waals surface area contributed by atoms with Crippen molar-refractivity contribution in [3.05, 3.63) is 54.1 Å². The molecule has 0 spiro atoms. The lowest BCUT2D eigenvalue weighted by atomic mass is 10.2. The molecule has 23 heavy (non-hydrogen) atoms. The molecular weight excluding hydrogens is 308 g/mol. The van der Waals surface area contributed by atoms with Gasteiger partial charge in [0.1, 0.15) is 11.2 Å². The summed E-state index contributed by atoms with van der Waals surface area (Å²) in [5, 5.41) is 13.4. The van der Waals surface area contributed by atoms with E-state index < -0.39 is 0 Å². The molecule has 0 unspecified atom stereocenters. The number of rotatable bonds is 7. The smallest absolute Gasteiger partial charge is 0.227 e. The van der Waals surface area contributed by atoms with Crippen molar-refractivity contribution in [1.29, 1.82) is 5.26 Å². The molecule has 1 N–H and O–H groups in total. The van der Waals surface area contributed by atoms with Gasteiger partial charge in [0.25, 0.3) is 0 Å². The molecular formula is C18H18N2O2S. The monoisotopic (exact) mass is 326 g/mol. The van der Waals surface area contributed by atoms with Gasteiger partial charge in [-0.1, -0.05) is 19.1 Å². The van der Waals surface area contributed by atoms with Crippen molar-refractivity contribution >= 4 is 23.4 Å². The van der Waals surface area contributed by atoms with Gasteiger partial charge in [-0.15, -0.1) is 0 Å². The molecule has 0 aliphatic carbocycles. The van der Waals surface area contributed by atoms with Gasteiger partial charge in [-0.25, -0.2) is 0 Å². The Kier molecular flexibility index (Phi) is 6.52. The van der Waals surface area contributed by atoms with Crippen molar-refractivity contribution < 1.29 is 9.53 Å². The van der Waals surface area contributed by atoms with E-state index in [0.717, 1.165) is 28.8 Å². The third kappa shape index (κ3) is 5.68. The van der Waals surface area contributed by atoms with E-state index in [-0.39, 0.29) is 12.3 Å². The molecule has 0 heterocycles. The van der Waals surface area contributed by atoms with Crippen LogP contribution >= 0.6 is 11.8 Å². The molecule has 0 fully saturated rings. The molecule has 0 aliphatic rings. The first kappa shape index (κ1) is 16.9. The maximum Gasteiger partial charge on any atom is 0.227 e. The Morgan fingerprint density at radius 3 is 2.48 bits per heavy atom. The van der Waals surface area contributed by atoms with E-state index >= 15 is 0 Å². The van der Waals surface area contributed by atoms with E-state index in [1.165, 1.54) is 5.56 Å². The van der Waals surface area contributed by atoms with Gasteiger partial charge in [0.2, 0.25) is 5.91 Å². The Bertz CT molecular complexity index is 676. The van der Waals surface area contributed by atoms with Gasteiger partial charge in [-0.2, -0.15) is 5.26 Å². The first-order valence-corrected chi connectivity index (χ1v) is 8.20. The second-order valence-corrected chi connectivity index (χ2v) is 5.72. The van der Waals surface area contributed by atoms with E-state index in [4.69, 9.17) is 10.00 Å². The fourth-order valence-corrected chi connectivity index (χ4v) is 2.34. The summed E-state index contributed by atoms with van der Waals surface area (Å²) in [6.45, 7) is 2.44. The number of anilines is 1. The Labute approximate surface area is 140 Å². The van der Waals surface area contributed by atoms with Gasteiger partial charge in [0.05, 0.1) is 13.0 Å². The molecule has 0 bridgehead atoms. The lowest BCUT2D eigenvalue weighted by molar-refractivity contribution is -0.116. The predicted molar refractivity (Wildman–Crippen MR) is 92.5 cm³/mol. The van der Waals surface area contributed by atoms with Crippen LogP contribution in [0.5, 0.6) is 5.75 Å². The van der Waals surface area contributed by atoms with Crippen molar-refractivity contribution in [2.45, 2.75) is 24.7 Å². The third-order valence-electron chi connectivity index (χ3n) is 3.23. The van der Waals surface area contributed by atoms with E-state index in [1.54, 1.807) is 24.3 Å². The van der Waals surface area contributed by atoms with E-state index in [1.807, 2.05) is 29.7 Å². The standard InChI is InChI=1S/C18H18N2O2S/c1-2-14-3-7-16(8-4-14)22-12-11-18(21)20-15-5-9-17(10-6-15)23-13-19/h3-10H,2,11-12H2,1H3,(H,20,21). The minimum absolute atomic E-state index is 0.101. The van der Waals surface area contributed by atoms with Gasteiger partial charge in [-0.05, 0) is 60.1 Å². The van der Waals surface area contributed by atoms with Gasteiger partial charge >= 0.3 is 0 Å². The normalized spacial score (nSPS) is 9.91. The van der Waals surface area contributed by atoms with Crippen LogP contribution in [0.1, 0.15) is 18.9 Å². The Morgan fingerprint density at radius 1 is 1.17 bits per heavy atom. The molecule has 118 valence electrons. The summed E-state index contributed by atoms with van der Waals surface area (Å²) in [7, 11) is 0. The molecule has 2 aromatic rings. The van der Waals surface area contributed by atoms with Crippen molar-refractivity contribution in [3.8, 4) is 11.2 Å². The highest BCUT2D eigenvalue weighted by atomic mass is 32.2. The number of nitrogens with one attached hydrogen (secondary N) is 1. The SMILES string of the molecule is CCc1ccc(OCCC(=O)Nc2ccc(SC#N)cc2)cc1. The molecule has 0 aliphatic heterocycles. The summed E-state index contributed by atoms with van der Waals surface area (Å²) in [6.07, 6.45) is 1.28. The summed E-state index contributed by atoms with van der Waals surface area (Å²) in [5.74, 6) is 0.670. The van der Waals surface area contributed by atoms with Crippen LogP contribution in [0.2, 0.25) is 0 Å². The molecule has 1 amide bonds. The van der Waals surface area contributed by atoms with E-state index in [0.29, 0.717) is 12.3 Å². The predicted octanol–water partition coefficient (Wildman–Crippen LogP) is 4.23. The number of nitrogens with zero attached hydrogens (tertiary/aromatic N) is 1. The molecule has 0 atom stereocenters. The van der Waals surface area contributed by atoms with Crippen LogP contribution in [-0.2, 0) is 11.2 Å². The minimum atomic E-state index is -0.101. The van der Waals surface area contributed by atoms with Crippen LogP contribution in [0.25, 0.3) is 0 Å². The third-order valence-corrected chi connectivity index (χ3v) is 3.83. The lowest BCUT2D eigenvalue weighted by Gasteiger charge is -2.08. The Morgan fingerprint density at radius 2 is 1.87 bits per heavy atom. The molecule has 0 radical (unpaired) electrons. The lowest BCUT2D eigenvalue weighted by Crippen LogP contribution is -2.15. The molecule has 2 aromatic carbocycles. The van der Waals surface area contributed by atoms with Crippen molar-refractivity contribution in [1.82, 2.24) is 0 Å². The number of hydrogen-bond donors (Lipinski definition) is 1. The average molecular weight is 326 g/mol. The number of carbonyl (C=O) groups is 1. The zero-order valence-corrected chi connectivity index (χ0v) is 13.7. The highest BCUT2D eigenvalue weighted by Crippen LogP contribution is 2.19. The summed E-state index contributed by atoms with van der Waals surface area (Å²) in [4.78, 5) is 12.7. The Hall–Kier alpha value is -2.45. The van der Waals surface area contributed by atoms with Gasteiger partial charge in [-0.3, -0.25) is 4.79 Å². The topological polar surface area (TPSA) is 62.1 Å². The quantitative estimate of drug-likeness (QED) is 0.611. The maximum absolute atomic E-state index is 11.9.